The summed E-state index contributed by atoms with van der Waals surface area (Å²) in [5.74, 6) is 0.0774. The van der Waals surface area contributed by atoms with E-state index in [1.54, 1.807) is 31.4 Å². The van der Waals surface area contributed by atoms with Crippen molar-refractivity contribution in [2.24, 2.45) is 0 Å². The summed E-state index contributed by atoms with van der Waals surface area (Å²) in [4.78, 5) is 17.5. The van der Waals surface area contributed by atoms with E-state index in [9.17, 15) is 14.3 Å². The number of fused-ring (bicyclic) bond motifs is 1. The summed E-state index contributed by atoms with van der Waals surface area (Å²) >= 11 is 1.17. The van der Waals surface area contributed by atoms with E-state index < -0.39 is 11.4 Å². The van der Waals surface area contributed by atoms with E-state index in [1.807, 2.05) is 30.3 Å². The third-order valence-corrected chi connectivity index (χ3v) is 7.01. The van der Waals surface area contributed by atoms with E-state index in [0.29, 0.717) is 33.7 Å². The van der Waals surface area contributed by atoms with Gasteiger partial charge in [0.05, 0.1) is 17.4 Å². The fourth-order valence-corrected chi connectivity index (χ4v) is 4.93. The quantitative estimate of drug-likeness (QED) is 0.469. The number of ether oxygens (including phenoxy) is 1. The summed E-state index contributed by atoms with van der Waals surface area (Å²) in [5, 5.41) is 15.5. The Balaban J connectivity index is 1.45. The minimum atomic E-state index is -1.11. The average molecular weight is 467 g/mol. The van der Waals surface area contributed by atoms with Crippen LogP contribution in [0.5, 0.6) is 10.8 Å². The average Bonchev–Trinajstić information content (AvgIpc) is 3.45. The van der Waals surface area contributed by atoms with Crippen molar-refractivity contribution in [2.45, 2.75) is 45.3 Å². The lowest BCUT2D eigenvalue weighted by atomic mass is 10.1. The zero-order chi connectivity index (χ0) is 23.3. The summed E-state index contributed by atoms with van der Waals surface area (Å²) in [6.07, 6.45) is 1.49. The molecule has 0 aliphatic carbocycles. The highest BCUT2D eigenvalue weighted by Crippen LogP contribution is 2.37. The van der Waals surface area contributed by atoms with Crippen LogP contribution in [-0.2, 0) is 12.0 Å². The van der Waals surface area contributed by atoms with Gasteiger partial charge in [-0.2, -0.15) is 4.68 Å². The maximum absolute atomic E-state index is 14.9. The molecule has 0 bridgehead atoms. The molecule has 1 N–H and O–H groups in total. The Morgan fingerprint density at radius 2 is 1.97 bits per heavy atom. The topological polar surface area (TPSA) is 82.2 Å². The Kier molecular flexibility index (Phi) is 5.18. The van der Waals surface area contributed by atoms with Crippen LogP contribution >= 0.6 is 11.3 Å². The van der Waals surface area contributed by atoms with E-state index in [4.69, 9.17) is 4.74 Å². The van der Waals surface area contributed by atoms with Crippen LogP contribution in [-0.4, -0.2) is 24.4 Å². The highest BCUT2D eigenvalue weighted by atomic mass is 32.1. The Labute approximate surface area is 193 Å². The predicted molar refractivity (Wildman–Crippen MR) is 123 cm³/mol. The maximum Gasteiger partial charge on any atom is 0.351 e. The van der Waals surface area contributed by atoms with Crippen LogP contribution in [0.4, 0.5) is 4.39 Å². The molecule has 1 unspecified atom stereocenters. The third kappa shape index (κ3) is 3.87. The van der Waals surface area contributed by atoms with Crippen molar-refractivity contribution in [1.82, 2.24) is 19.3 Å². The van der Waals surface area contributed by atoms with Crippen LogP contribution in [0.25, 0.3) is 5.69 Å². The Morgan fingerprint density at radius 1 is 1.21 bits per heavy atom. The molecule has 5 rings (SSSR count). The zero-order valence-corrected chi connectivity index (χ0v) is 19.3. The Hall–Kier alpha value is -3.30. The number of hydrogen-bond donors (Lipinski definition) is 1. The number of halogens is 1. The first-order chi connectivity index (χ1) is 15.7. The molecular weight excluding hydrogens is 443 g/mol. The molecule has 0 amide bonds. The monoisotopic (exact) mass is 466 g/mol. The zero-order valence-electron chi connectivity index (χ0n) is 18.4. The molecule has 2 aromatic carbocycles. The van der Waals surface area contributed by atoms with Crippen molar-refractivity contribution in [3.8, 4) is 16.5 Å². The second-order valence-corrected chi connectivity index (χ2v) is 9.58. The Bertz CT molecular complexity index is 1390. The molecule has 4 aromatic rings. The lowest BCUT2D eigenvalue weighted by Crippen LogP contribution is -2.26. The number of aryl methyl sites for hydroxylation is 2. The lowest BCUT2D eigenvalue weighted by molar-refractivity contribution is 0.0781. The van der Waals surface area contributed by atoms with Crippen molar-refractivity contribution in [3.05, 3.63) is 86.9 Å². The van der Waals surface area contributed by atoms with Gasteiger partial charge in [-0.1, -0.05) is 41.7 Å². The molecule has 7 nitrogen and oxygen atoms in total. The summed E-state index contributed by atoms with van der Waals surface area (Å²) in [6.45, 7) is 5.00. The second kappa shape index (κ2) is 7.93. The van der Waals surface area contributed by atoms with Gasteiger partial charge in [-0.15, -0.1) is 5.10 Å². The van der Waals surface area contributed by atoms with Gasteiger partial charge >= 0.3 is 5.69 Å². The van der Waals surface area contributed by atoms with E-state index in [1.165, 1.54) is 28.2 Å². The fraction of sp³-hybridized carbons (Fsp3) is 0.292. The fourth-order valence-electron chi connectivity index (χ4n) is 4.00. The van der Waals surface area contributed by atoms with Gasteiger partial charge in [-0.05, 0) is 44.9 Å². The molecule has 170 valence electrons. The van der Waals surface area contributed by atoms with Crippen LogP contribution < -0.4 is 10.4 Å². The molecular formula is C24H23FN4O3S. The minimum absolute atomic E-state index is 0.00903. The van der Waals surface area contributed by atoms with Crippen LogP contribution in [0.1, 0.15) is 48.4 Å². The van der Waals surface area contributed by atoms with Gasteiger partial charge in [0.15, 0.2) is 11.6 Å². The molecule has 1 aliphatic rings. The molecule has 0 saturated carbocycles. The number of nitrogens with zero attached hydrogens (tertiary/aromatic N) is 4. The first kappa shape index (κ1) is 21.5. The predicted octanol–water partition coefficient (Wildman–Crippen LogP) is 4.49. The van der Waals surface area contributed by atoms with Crippen LogP contribution in [0.3, 0.4) is 0 Å². The van der Waals surface area contributed by atoms with Crippen LogP contribution in [0.2, 0.25) is 0 Å². The van der Waals surface area contributed by atoms with Gasteiger partial charge in [0.25, 0.3) is 0 Å². The van der Waals surface area contributed by atoms with Crippen molar-refractivity contribution in [3.63, 3.8) is 0 Å². The lowest BCUT2D eigenvalue weighted by Gasteiger charge is -2.12. The normalized spacial score (nSPS) is 15.6. The molecule has 9 heteroatoms. The van der Waals surface area contributed by atoms with Gasteiger partial charge < -0.3 is 9.84 Å². The molecule has 0 spiro atoms. The molecule has 1 atom stereocenters. The van der Waals surface area contributed by atoms with Gasteiger partial charge in [-0.3, -0.25) is 4.57 Å². The number of thiazole rings is 1. The van der Waals surface area contributed by atoms with Crippen molar-refractivity contribution < 1.29 is 14.2 Å². The second-order valence-electron chi connectivity index (χ2n) is 8.61. The number of aromatic nitrogens is 4. The SMILES string of the molecule is Cc1nc(C(C)(C)O)sc1Oc1ccc(-n2nc3n(c2=O)C(c2ccccc2)CC3)cc1F. The molecule has 0 saturated heterocycles. The van der Waals surface area contributed by atoms with Gasteiger partial charge in [0.1, 0.15) is 16.4 Å². The summed E-state index contributed by atoms with van der Waals surface area (Å²) in [6, 6.07) is 14.1. The Morgan fingerprint density at radius 3 is 2.64 bits per heavy atom. The van der Waals surface area contributed by atoms with Crippen molar-refractivity contribution in [1.29, 1.82) is 0 Å². The van der Waals surface area contributed by atoms with Crippen molar-refractivity contribution >= 4 is 11.3 Å². The minimum Gasteiger partial charge on any atom is -0.442 e. The first-order valence-corrected chi connectivity index (χ1v) is 11.5. The highest BCUT2D eigenvalue weighted by Gasteiger charge is 2.29. The summed E-state index contributed by atoms with van der Waals surface area (Å²) in [5.41, 5.74) is 0.543. The summed E-state index contributed by atoms with van der Waals surface area (Å²) < 4.78 is 23.6. The third-order valence-electron chi connectivity index (χ3n) is 5.66. The van der Waals surface area contributed by atoms with Gasteiger partial charge in [0.2, 0.25) is 5.06 Å². The maximum atomic E-state index is 14.9. The van der Waals surface area contributed by atoms with Crippen LogP contribution in [0.15, 0.2) is 53.3 Å². The summed E-state index contributed by atoms with van der Waals surface area (Å²) in [7, 11) is 0. The number of rotatable bonds is 5. The molecule has 1 aliphatic heterocycles. The van der Waals surface area contributed by atoms with Crippen LogP contribution in [0, 0.1) is 12.7 Å². The number of hydrogen-bond acceptors (Lipinski definition) is 6. The molecule has 0 fully saturated rings. The molecule has 0 radical (unpaired) electrons. The van der Waals surface area contributed by atoms with E-state index in [-0.39, 0.29) is 17.5 Å². The molecule has 2 aromatic heterocycles. The molecule has 33 heavy (non-hydrogen) atoms. The largest absolute Gasteiger partial charge is 0.442 e. The van der Waals surface area contributed by atoms with Gasteiger partial charge in [0, 0.05) is 12.5 Å². The number of benzene rings is 2. The van der Waals surface area contributed by atoms with E-state index in [0.717, 1.165) is 12.0 Å². The van der Waals surface area contributed by atoms with E-state index >= 15 is 0 Å². The van der Waals surface area contributed by atoms with Gasteiger partial charge in [-0.25, -0.2) is 14.2 Å². The highest BCUT2D eigenvalue weighted by molar-refractivity contribution is 7.13. The molecule has 3 heterocycles. The standard InChI is InChI=1S/C24H23FN4O3S/c1-14-21(33-22(26-14)24(2,3)31)32-19-11-9-16(13-17(19)25)29-23(30)28-18(10-12-20(28)27-29)15-7-5-4-6-8-15/h4-9,11,13,18,31H,10,12H2,1-3H3. The smallest absolute Gasteiger partial charge is 0.351 e. The first-order valence-electron chi connectivity index (χ1n) is 10.7. The van der Waals surface area contributed by atoms with E-state index in [2.05, 4.69) is 10.1 Å². The number of aliphatic hydroxyl groups is 1. The van der Waals surface area contributed by atoms with Crippen molar-refractivity contribution in [2.75, 3.05) is 0 Å².